The van der Waals surface area contributed by atoms with Crippen LogP contribution >= 0.6 is 0 Å². The summed E-state index contributed by atoms with van der Waals surface area (Å²) in [7, 11) is 0. The maximum absolute atomic E-state index is 8.26. The number of hydrogen-bond acceptors (Lipinski definition) is 5. The second-order valence-corrected chi connectivity index (χ2v) is 0. The average Bonchev–Trinajstić information content (AvgIpc) is 1.81. The van der Waals surface area contributed by atoms with Crippen molar-refractivity contribution in [3.05, 3.63) is 0 Å². The molecule has 0 atom stereocenters. The van der Waals surface area contributed by atoms with E-state index >= 15 is 0 Å². The molecule has 0 amide bonds. The SMILES string of the molecule is O.O.OO.OO.[O]=[Mo]. The van der Waals surface area contributed by atoms with Crippen molar-refractivity contribution < 1.29 is 55.2 Å². The summed E-state index contributed by atoms with van der Waals surface area (Å²) in [6.07, 6.45) is 0. The van der Waals surface area contributed by atoms with E-state index in [-0.39, 0.29) is 11.0 Å². The van der Waals surface area contributed by atoms with Gasteiger partial charge in [0, 0.05) is 0 Å². The number of rotatable bonds is 0. The summed E-state index contributed by atoms with van der Waals surface area (Å²) in [5.41, 5.74) is 0. The van der Waals surface area contributed by atoms with Crippen LogP contribution < -0.4 is 0 Å². The van der Waals surface area contributed by atoms with Crippen LogP contribution in [0, 0.1) is 0 Å². The fraction of sp³-hybridized carbons (Fsp3) is 0. The first-order valence-corrected chi connectivity index (χ1v) is 1.39. The Hall–Kier alpha value is 0.248. The van der Waals surface area contributed by atoms with Gasteiger partial charge in [-0.3, -0.25) is 21.0 Å². The van der Waals surface area contributed by atoms with Crippen molar-refractivity contribution in [3.8, 4) is 0 Å². The zero-order valence-corrected chi connectivity index (χ0v) is 5.61. The first kappa shape index (κ1) is 41.1. The summed E-state index contributed by atoms with van der Waals surface area (Å²) in [5, 5.41) is 24.0. The van der Waals surface area contributed by atoms with Gasteiger partial charge >= 0.3 is 23.2 Å². The molecule has 0 aromatic rings. The molecule has 8 N–H and O–H groups in total. The molecule has 0 saturated heterocycles. The standard InChI is InChI=1S/Mo.2H2O2.2H2O.O/c;2*1-2;;;/h;2*1-2H;2*1H2;. The molecule has 0 unspecified atom stereocenters. The van der Waals surface area contributed by atoms with Crippen molar-refractivity contribution in [2.24, 2.45) is 0 Å². The quantitative estimate of drug-likeness (QED) is 0.214. The van der Waals surface area contributed by atoms with Crippen LogP contribution in [0.15, 0.2) is 0 Å². The van der Waals surface area contributed by atoms with Crippen LogP contribution in [0.2, 0.25) is 0 Å². The second-order valence-electron chi connectivity index (χ2n) is 0. The number of hydrogen-bond donors (Lipinski definition) is 4. The van der Waals surface area contributed by atoms with E-state index in [9.17, 15) is 0 Å². The van der Waals surface area contributed by atoms with Gasteiger partial charge in [-0.15, -0.1) is 0 Å². The predicted molar refractivity (Wildman–Crippen MR) is 18.4 cm³/mol. The van der Waals surface area contributed by atoms with E-state index in [1.807, 2.05) is 0 Å². The summed E-state index contributed by atoms with van der Waals surface area (Å²) in [6, 6.07) is 0. The van der Waals surface area contributed by atoms with Crippen LogP contribution in [0.25, 0.3) is 0 Å². The Bertz CT molecular complexity index is 4.35. The van der Waals surface area contributed by atoms with Gasteiger partial charge in [-0.25, -0.2) is 0 Å². The van der Waals surface area contributed by atoms with Gasteiger partial charge in [0.05, 0.1) is 0 Å². The minimum atomic E-state index is 0. The van der Waals surface area contributed by atoms with Crippen molar-refractivity contribution in [1.82, 2.24) is 0 Å². The van der Waals surface area contributed by atoms with Gasteiger partial charge in [-0.1, -0.05) is 0 Å². The molecular formula is H8MoO7. The Balaban J connectivity index is -0.00000000500. The van der Waals surface area contributed by atoms with Crippen LogP contribution in [0.3, 0.4) is 0 Å². The topological polar surface area (TPSA) is 161 Å². The summed E-state index contributed by atoms with van der Waals surface area (Å²) in [5.74, 6) is 0. The summed E-state index contributed by atoms with van der Waals surface area (Å²) in [4.78, 5) is 0. The van der Waals surface area contributed by atoms with E-state index in [0.29, 0.717) is 19.8 Å². The van der Waals surface area contributed by atoms with Crippen molar-refractivity contribution in [2.75, 3.05) is 0 Å². The molecule has 0 saturated carbocycles. The molecule has 0 fully saturated rings. The van der Waals surface area contributed by atoms with Crippen molar-refractivity contribution in [3.63, 3.8) is 0 Å². The van der Waals surface area contributed by atoms with Gasteiger partial charge in [0.2, 0.25) is 0 Å². The maximum atomic E-state index is 8.26. The Kier molecular flexibility index (Phi) is 23600. The Morgan fingerprint density at radius 3 is 0.750 bits per heavy atom. The van der Waals surface area contributed by atoms with E-state index in [4.69, 9.17) is 24.4 Å². The van der Waals surface area contributed by atoms with Crippen LogP contribution in [-0.4, -0.2) is 32.0 Å². The van der Waals surface area contributed by atoms with Gasteiger partial charge in [0.1, 0.15) is 0 Å². The molecule has 0 aromatic heterocycles. The third kappa shape index (κ3) is 2790. The Labute approximate surface area is 55.9 Å². The average molecular weight is 216 g/mol. The summed E-state index contributed by atoms with van der Waals surface area (Å²) >= 11 is 0.700. The van der Waals surface area contributed by atoms with Crippen molar-refractivity contribution in [1.29, 1.82) is 0 Å². The van der Waals surface area contributed by atoms with Crippen molar-refractivity contribution >= 4 is 0 Å². The Morgan fingerprint density at radius 1 is 0.750 bits per heavy atom. The molecule has 0 aromatic carbocycles. The fourth-order valence-corrected chi connectivity index (χ4v) is 0. The zero-order valence-electron chi connectivity index (χ0n) is 3.61. The molecule has 8 heteroatoms. The molecular weight excluding hydrogens is 208 g/mol. The fourth-order valence-electron chi connectivity index (χ4n) is 0. The Morgan fingerprint density at radius 2 is 0.750 bits per heavy atom. The third-order valence-corrected chi connectivity index (χ3v) is 0. The van der Waals surface area contributed by atoms with Crippen LogP contribution in [-0.2, 0) is 23.2 Å². The van der Waals surface area contributed by atoms with E-state index in [1.165, 1.54) is 0 Å². The van der Waals surface area contributed by atoms with E-state index in [0.717, 1.165) is 0 Å². The third-order valence-electron chi connectivity index (χ3n) is 0. The second kappa shape index (κ2) is 4590. The van der Waals surface area contributed by atoms with E-state index in [2.05, 4.69) is 0 Å². The van der Waals surface area contributed by atoms with Gasteiger partial charge < -0.3 is 11.0 Å². The minimum absolute atomic E-state index is 0. The van der Waals surface area contributed by atoms with E-state index in [1.54, 1.807) is 0 Å². The first-order chi connectivity index (χ1) is 3.00. The monoisotopic (exact) mass is 218 g/mol. The molecule has 7 nitrogen and oxygen atoms in total. The first-order valence-electron chi connectivity index (χ1n) is 0.567. The summed E-state index contributed by atoms with van der Waals surface area (Å²) in [6.45, 7) is 0. The van der Waals surface area contributed by atoms with E-state index < -0.39 is 0 Å². The zero-order chi connectivity index (χ0) is 6.00. The normalized spacial score (nSPS) is 2.00. The molecule has 0 heterocycles. The summed E-state index contributed by atoms with van der Waals surface area (Å²) < 4.78 is 8.26. The van der Waals surface area contributed by atoms with Gasteiger partial charge in [0.15, 0.2) is 0 Å². The molecule has 0 aliphatic carbocycles. The van der Waals surface area contributed by atoms with Crippen LogP contribution in [0.5, 0.6) is 0 Å². The molecule has 8 heavy (non-hydrogen) atoms. The van der Waals surface area contributed by atoms with Crippen molar-refractivity contribution in [2.45, 2.75) is 0 Å². The molecule has 0 bridgehead atoms. The van der Waals surface area contributed by atoms with Crippen LogP contribution in [0.4, 0.5) is 0 Å². The molecule has 0 radical (unpaired) electrons. The molecule has 0 aliphatic heterocycles. The van der Waals surface area contributed by atoms with Gasteiger partial charge in [-0.2, -0.15) is 0 Å². The molecule has 0 rings (SSSR count). The van der Waals surface area contributed by atoms with Crippen LogP contribution in [0.1, 0.15) is 0 Å². The van der Waals surface area contributed by atoms with Gasteiger partial charge in [0.25, 0.3) is 0 Å². The van der Waals surface area contributed by atoms with Gasteiger partial charge in [-0.05, 0) is 0 Å². The molecule has 0 aliphatic rings. The molecule has 0 spiro atoms. The molecule has 56 valence electrons. The predicted octanol–water partition coefficient (Wildman–Crippen LogP) is -1.74.